The number of methoxy groups -OCH3 is 1. The summed E-state index contributed by atoms with van der Waals surface area (Å²) in [5, 5.41) is 5.84. The maximum Gasteiger partial charge on any atom is 0.243 e. The molecule has 2 unspecified atom stereocenters. The first kappa shape index (κ1) is 27.1. The molecule has 8 nitrogen and oxygen atoms in total. The molecule has 1 heterocycles. The summed E-state index contributed by atoms with van der Waals surface area (Å²) in [5.41, 5.74) is 0. The van der Waals surface area contributed by atoms with Crippen molar-refractivity contribution in [2.24, 2.45) is 17.8 Å². The number of carbonyl (C=O) groups is 2. The van der Waals surface area contributed by atoms with E-state index in [-0.39, 0.29) is 29.2 Å². The average molecular weight is 482 g/mol. The number of carbonyl (C=O) groups excluding carboxylic acids is 2. The number of nitrogens with one attached hydrogen (secondary N) is 2. The predicted molar refractivity (Wildman–Crippen MR) is 128 cm³/mol. The zero-order valence-corrected chi connectivity index (χ0v) is 21.3. The van der Waals surface area contributed by atoms with Crippen LogP contribution < -0.4 is 15.4 Å². The summed E-state index contributed by atoms with van der Waals surface area (Å²) in [7, 11) is -2.20. The molecule has 2 N–H and O–H groups in total. The van der Waals surface area contributed by atoms with E-state index >= 15 is 0 Å². The van der Waals surface area contributed by atoms with Gasteiger partial charge in [0, 0.05) is 19.6 Å². The van der Waals surface area contributed by atoms with Crippen molar-refractivity contribution in [3.63, 3.8) is 0 Å². The third-order valence-corrected chi connectivity index (χ3v) is 8.15. The number of piperidine rings is 1. The van der Waals surface area contributed by atoms with Crippen LogP contribution >= 0.6 is 0 Å². The van der Waals surface area contributed by atoms with Crippen molar-refractivity contribution in [2.75, 3.05) is 26.7 Å². The average Bonchev–Trinajstić information content (AvgIpc) is 2.81. The second kappa shape index (κ2) is 12.4. The highest BCUT2D eigenvalue weighted by Crippen LogP contribution is 2.25. The molecule has 2 rings (SSSR count). The van der Waals surface area contributed by atoms with E-state index in [2.05, 4.69) is 24.5 Å². The van der Waals surface area contributed by atoms with Gasteiger partial charge in [-0.3, -0.25) is 9.59 Å². The summed E-state index contributed by atoms with van der Waals surface area (Å²) >= 11 is 0. The molecular formula is C24H39N3O5S. The topological polar surface area (TPSA) is 105 Å². The van der Waals surface area contributed by atoms with Gasteiger partial charge in [-0.25, -0.2) is 8.42 Å². The Morgan fingerprint density at radius 3 is 2.42 bits per heavy atom. The normalized spacial score (nSPS) is 19.0. The number of hydrogen-bond acceptors (Lipinski definition) is 5. The monoisotopic (exact) mass is 481 g/mol. The second-order valence-electron chi connectivity index (χ2n) is 9.22. The molecule has 1 aliphatic heterocycles. The highest BCUT2D eigenvalue weighted by atomic mass is 32.2. The summed E-state index contributed by atoms with van der Waals surface area (Å²) in [6.45, 7) is 9.13. The molecule has 33 heavy (non-hydrogen) atoms. The number of sulfonamides is 1. The Morgan fingerprint density at radius 1 is 1.18 bits per heavy atom. The molecule has 3 atom stereocenters. The highest BCUT2D eigenvalue weighted by molar-refractivity contribution is 7.89. The zero-order chi connectivity index (χ0) is 24.6. The Morgan fingerprint density at radius 2 is 1.85 bits per heavy atom. The van der Waals surface area contributed by atoms with Gasteiger partial charge in [0.15, 0.2) is 0 Å². The standard InChI is InChI=1S/C24H39N3O5S/c1-6-18(4)22(24(29)25-14-13-17(2)3)26-23(28)19-8-7-15-27(16-19)33(30,31)21-11-9-20(32-5)10-12-21/h9-12,17-19,22H,6-8,13-16H2,1-5H3,(H,25,29)(H,26,28)/t18?,19?,22-/m0/s1. The summed E-state index contributed by atoms with van der Waals surface area (Å²) in [6, 6.07) is 5.60. The molecule has 2 amide bonds. The van der Waals surface area contributed by atoms with Crippen LogP contribution in [-0.4, -0.2) is 57.3 Å². The molecule has 9 heteroatoms. The maximum absolute atomic E-state index is 13.1. The first-order chi connectivity index (χ1) is 15.6. The van der Waals surface area contributed by atoms with Crippen LogP contribution in [0.2, 0.25) is 0 Å². The van der Waals surface area contributed by atoms with Crippen LogP contribution in [0.25, 0.3) is 0 Å². The van der Waals surface area contributed by atoms with Crippen molar-refractivity contribution in [2.45, 2.75) is 64.3 Å². The molecule has 1 aromatic rings. The largest absolute Gasteiger partial charge is 0.497 e. The molecule has 1 fully saturated rings. The van der Waals surface area contributed by atoms with E-state index in [1.807, 2.05) is 13.8 Å². The molecule has 0 aliphatic carbocycles. The third kappa shape index (κ3) is 7.43. The molecule has 0 radical (unpaired) electrons. The van der Waals surface area contributed by atoms with E-state index in [0.717, 1.165) is 12.8 Å². The third-order valence-electron chi connectivity index (χ3n) is 6.27. The van der Waals surface area contributed by atoms with Gasteiger partial charge < -0.3 is 15.4 Å². The van der Waals surface area contributed by atoms with Gasteiger partial charge in [-0.2, -0.15) is 4.31 Å². The van der Waals surface area contributed by atoms with Crippen molar-refractivity contribution in [3.8, 4) is 5.75 Å². The maximum atomic E-state index is 13.1. The quantitative estimate of drug-likeness (QED) is 0.506. The first-order valence-electron chi connectivity index (χ1n) is 11.8. The Hall–Kier alpha value is -2.13. The Kier molecular flexibility index (Phi) is 10.2. The minimum Gasteiger partial charge on any atom is -0.497 e. The fourth-order valence-electron chi connectivity index (χ4n) is 3.84. The van der Waals surface area contributed by atoms with Crippen LogP contribution in [0.1, 0.15) is 53.4 Å². The second-order valence-corrected chi connectivity index (χ2v) is 11.2. The Bertz CT molecular complexity index is 886. The lowest BCUT2D eigenvalue weighted by atomic mass is 9.94. The molecule has 0 aromatic heterocycles. The van der Waals surface area contributed by atoms with Gasteiger partial charge in [0.1, 0.15) is 11.8 Å². The molecule has 0 bridgehead atoms. The smallest absolute Gasteiger partial charge is 0.243 e. The van der Waals surface area contributed by atoms with Gasteiger partial charge in [-0.15, -0.1) is 0 Å². The lowest BCUT2D eigenvalue weighted by molar-refractivity contribution is -0.133. The lowest BCUT2D eigenvalue weighted by Gasteiger charge is -2.33. The fourth-order valence-corrected chi connectivity index (χ4v) is 5.36. The summed E-state index contributed by atoms with van der Waals surface area (Å²) in [6.07, 6.45) is 2.78. The van der Waals surface area contributed by atoms with Crippen LogP contribution in [0.15, 0.2) is 29.2 Å². The lowest BCUT2D eigenvalue weighted by Crippen LogP contribution is -2.54. The van der Waals surface area contributed by atoms with Crippen molar-refractivity contribution in [1.29, 1.82) is 0 Å². The van der Waals surface area contributed by atoms with Crippen LogP contribution in [0.5, 0.6) is 5.75 Å². The van der Waals surface area contributed by atoms with E-state index in [4.69, 9.17) is 4.74 Å². The molecule has 186 valence electrons. The molecule has 1 aliphatic rings. The molecule has 1 saturated heterocycles. The van der Waals surface area contributed by atoms with Crippen molar-refractivity contribution in [3.05, 3.63) is 24.3 Å². The fraction of sp³-hybridized carbons (Fsp3) is 0.667. The SMILES string of the molecule is CCC(C)[C@H](NC(=O)C1CCCN(S(=O)(=O)c2ccc(OC)cc2)C1)C(=O)NCCC(C)C. The molecule has 1 aromatic carbocycles. The van der Waals surface area contributed by atoms with Gasteiger partial charge in [-0.05, 0) is 55.4 Å². The number of nitrogens with zero attached hydrogens (tertiary/aromatic N) is 1. The number of hydrogen-bond donors (Lipinski definition) is 2. The van der Waals surface area contributed by atoms with Gasteiger partial charge in [-0.1, -0.05) is 34.1 Å². The van der Waals surface area contributed by atoms with E-state index in [0.29, 0.717) is 37.6 Å². The first-order valence-corrected chi connectivity index (χ1v) is 13.3. The Balaban J connectivity index is 2.07. The van der Waals surface area contributed by atoms with E-state index in [1.54, 1.807) is 12.1 Å². The van der Waals surface area contributed by atoms with Crippen LogP contribution in [-0.2, 0) is 19.6 Å². The van der Waals surface area contributed by atoms with Crippen molar-refractivity contribution < 1.29 is 22.7 Å². The number of benzene rings is 1. The van der Waals surface area contributed by atoms with E-state index in [1.165, 1.54) is 23.5 Å². The molecular weight excluding hydrogens is 442 g/mol. The van der Waals surface area contributed by atoms with Crippen LogP contribution in [0, 0.1) is 17.8 Å². The Labute approximate surface area is 198 Å². The zero-order valence-electron chi connectivity index (χ0n) is 20.5. The summed E-state index contributed by atoms with van der Waals surface area (Å²) in [5.74, 6) is 0.0683. The minimum atomic E-state index is -3.72. The number of amides is 2. The summed E-state index contributed by atoms with van der Waals surface area (Å²) < 4.78 is 32.7. The molecule has 0 spiro atoms. The van der Waals surface area contributed by atoms with Gasteiger partial charge in [0.2, 0.25) is 21.8 Å². The number of ether oxygens (including phenoxy) is 1. The van der Waals surface area contributed by atoms with Gasteiger partial charge in [0.25, 0.3) is 0 Å². The van der Waals surface area contributed by atoms with Crippen LogP contribution in [0.4, 0.5) is 0 Å². The van der Waals surface area contributed by atoms with Crippen LogP contribution in [0.3, 0.4) is 0 Å². The van der Waals surface area contributed by atoms with E-state index in [9.17, 15) is 18.0 Å². The van der Waals surface area contributed by atoms with Gasteiger partial charge >= 0.3 is 0 Å². The van der Waals surface area contributed by atoms with Crippen molar-refractivity contribution >= 4 is 21.8 Å². The van der Waals surface area contributed by atoms with E-state index < -0.39 is 22.0 Å². The minimum absolute atomic E-state index is 0.0317. The summed E-state index contributed by atoms with van der Waals surface area (Å²) in [4.78, 5) is 26.0. The van der Waals surface area contributed by atoms with Crippen molar-refractivity contribution in [1.82, 2.24) is 14.9 Å². The number of rotatable bonds is 11. The predicted octanol–water partition coefficient (Wildman–Crippen LogP) is 2.79. The highest BCUT2D eigenvalue weighted by Gasteiger charge is 2.35. The van der Waals surface area contributed by atoms with Gasteiger partial charge in [0.05, 0.1) is 17.9 Å². The molecule has 0 saturated carbocycles.